The van der Waals surface area contributed by atoms with E-state index in [4.69, 9.17) is 4.42 Å². The number of hydrogen-bond acceptors (Lipinski definition) is 6. The quantitative estimate of drug-likeness (QED) is 0.558. The molecule has 0 bridgehead atoms. The van der Waals surface area contributed by atoms with E-state index in [0.717, 1.165) is 17.1 Å². The van der Waals surface area contributed by atoms with Gasteiger partial charge < -0.3 is 4.42 Å². The molecule has 0 aromatic carbocycles. The van der Waals surface area contributed by atoms with Crippen molar-refractivity contribution in [2.24, 2.45) is 0 Å². The lowest BCUT2D eigenvalue weighted by atomic mass is 10.1. The molecule has 1 N–H and O–H groups in total. The number of amides is 2. The zero-order valence-corrected chi connectivity index (χ0v) is 13.7. The number of rotatable bonds is 2. The van der Waals surface area contributed by atoms with Crippen LogP contribution in [0.5, 0.6) is 0 Å². The first-order valence-corrected chi connectivity index (χ1v) is 8.08. The van der Waals surface area contributed by atoms with Crippen LogP contribution in [-0.4, -0.2) is 21.1 Å². The number of thioether (sulfide) groups is 1. The van der Waals surface area contributed by atoms with Crippen molar-refractivity contribution >= 4 is 40.0 Å². The molecule has 3 aromatic rings. The molecule has 8 heteroatoms. The lowest BCUT2D eigenvalue weighted by Crippen LogP contribution is -2.17. The van der Waals surface area contributed by atoms with Crippen molar-refractivity contribution in [2.45, 2.75) is 6.92 Å². The number of carbonyl (C=O) groups excluding carboxylic acids is 2. The zero-order valence-electron chi connectivity index (χ0n) is 12.9. The molecule has 0 saturated carbocycles. The Balaban J connectivity index is 1.81. The van der Waals surface area contributed by atoms with E-state index in [-0.39, 0.29) is 4.91 Å². The topological polar surface area (TPSA) is 85.1 Å². The molecule has 0 atom stereocenters. The number of nitrogens with zero attached hydrogens (tertiary/aromatic N) is 2. The number of aryl methyl sites for hydroxylation is 1. The summed E-state index contributed by atoms with van der Waals surface area (Å²) in [6.45, 7) is 1.63. The van der Waals surface area contributed by atoms with Crippen molar-refractivity contribution in [1.29, 1.82) is 0 Å². The maximum atomic E-state index is 13.4. The highest BCUT2D eigenvalue weighted by molar-refractivity contribution is 8.18. The highest BCUT2D eigenvalue weighted by atomic mass is 32.2. The molecule has 0 radical (unpaired) electrons. The summed E-state index contributed by atoms with van der Waals surface area (Å²) in [6.07, 6.45) is 6.15. The zero-order chi connectivity index (χ0) is 17.6. The number of hydrogen-bond donors (Lipinski definition) is 1. The number of imide groups is 1. The monoisotopic (exact) mass is 355 g/mol. The molecule has 124 valence electrons. The minimum atomic E-state index is -0.525. The predicted molar refractivity (Wildman–Crippen MR) is 91.0 cm³/mol. The minimum Gasteiger partial charge on any atom is -0.456 e. The highest BCUT2D eigenvalue weighted by Gasteiger charge is 2.25. The van der Waals surface area contributed by atoms with Gasteiger partial charge in [-0.25, -0.2) is 4.98 Å². The molecule has 25 heavy (non-hydrogen) atoms. The fraction of sp³-hybridized carbons (Fsp3) is 0.0588. The fourth-order valence-electron chi connectivity index (χ4n) is 2.51. The molecule has 0 unspecified atom stereocenters. The highest BCUT2D eigenvalue weighted by Crippen LogP contribution is 2.32. The van der Waals surface area contributed by atoms with Gasteiger partial charge in [0.25, 0.3) is 11.1 Å². The molecule has 1 saturated heterocycles. The lowest BCUT2D eigenvalue weighted by Gasteiger charge is -2.03. The Bertz CT molecular complexity index is 1070. The van der Waals surface area contributed by atoms with Crippen LogP contribution < -0.4 is 5.32 Å². The van der Waals surface area contributed by atoms with Crippen molar-refractivity contribution in [3.63, 3.8) is 0 Å². The molecule has 4 rings (SSSR count). The first-order valence-electron chi connectivity index (χ1n) is 7.26. The number of nitrogens with one attached hydrogen (secondary N) is 1. The van der Waals surface area contributed by atoms with Crippen molar-refractivity contribution in [3.8, 4) is 11.1 Å². The first kappa shape index (κ1) is 15.5. The van der Waals surface area contributed by atoms with Crippen LogP contribution in [0.3, 0.4) is 0 Å². The lowest BCUT2D eigenvalue weighted by molar-refractivity contribution is -0.115. The average Bonchev–Trinajstić information content (AvgIpc) is 3.12. The standard InChI is InChI=1S/C17H10FN3O3S/c1-8-2-9(6-20-15(8)18)12-7-19-5-10-3-11(24-14(10)12)4-13-16(22)21-17(23)25-13/h2-7H,1H3,(H,21,22,23)/b13-4-. The molecule has 0 aliphatic carbocycles. The average molecular weight is 355 g/mol. The van der Waals surface area contributed by atoms with Gasteiger partial charge >= 0.3 is 0 Å². The van der Waals surface area contributed by atoms with Crippen molar-refractivity contribution in [3.05, 3.63) is 52.9 Å². The van der Waals surface area contributed by atoms with Crippen LogP contribution in [0.25, 0.3) is 28.2 Å². The SMILES string of the molecule is Cc1cc(-c2cncc3cc(/C=C4\SC(=O)NC4=O)oc23)cnc1F. The summed E-state index contributed by atoms with van der Waals surface area (Å²) < 4.78 is 19.2. The maximum absolute atomic E-state index is 13.4. The van der Waals surface area contributed by atoms with E-state index < -0.39 is 17.1 Å². The Hall–Kier alpha value is -3.00. The Labute approximate surface area is 145 Å². The number of carbonyl (C=O) groups is 2. The van der Waals surface area contributed by atoms with E-state index >= 15 is 0 Å². The van der Waals surface area contributed by atoms with Gasteiger partial charge in [-0.05, 0) is 30.8 Å². The van der Waals surface area contributed by atoms with Crippen LogP contribution >= 0.6 is 11.8 Å². The van der Waals surface area contributed by atoms with E-state index in [2.05, 4.69) is 15.3 Å². The molecule has 2 amide bonds. The third kappa shape index (κ3) is 2.80. The van der Waals surface area contributed by atoms with Crippen molar-refractivity contribution < 1.29 is 18.4 Å². The van der Waals surface area contributed by atoms with E-state index in [1.807, 2.05) is 0 Å². The van der Waals surface area contributed by atoms with Crippen LogP contribution in [0.4, 0.5) is 9.18 Å². The van der Waals surface area contributed by atoms with Crippen LogP contribution in [0.1, 0.15) is 11.3 Å². The van der Waals surface area contributed by atoms with E-state index in [1.165, 1.54) is 12.3 Å². The van der Waals surface area contributed by atoms with E-state index in [1.54, 1.807) is 31.5 Å². The normalized spacial score (nSPS) is 16.0. The summed E-state index contributed by atoms with van der Waals surface area (Å²) >= 11 is 0.817. The van der Waals surface area contributed by atoms with Gasteiger partial charge in [-0.3, -0.25) is 19.9 Å². The summed E-state index contributed by atoms with van der Waals surface area (Å²) in [4.78, 5) is 31.0. The molecule has 6 nitrogen and oxygen atoms in total. The molecule has 4 heterocycles. The van der Waals surface area contributed by atoms with Gasteiger partial charge in [0.1, 0.15) is 11.3 Å². The third-order valence-electron chi connectivity index (χ3n) is 3.68. The van der Waals surface area contributed by atoms with Crippen molar-refractivity contribution in [1.82, 2.24) is 15.3 Å². The number of fused-ring (bicyclic) bond motifs is 1. The van der Waals surface area contributed by atoms with Gasteiger partial charge in [0, 0.05) is 46.7 Å². The van der Waals surface area contributed by atoms with Gasteiger partial charge in [-0.1, -0.05) is 0 Å². The fourth-order valence-corrected chi connectivity index (χ4v) is 3.18. The number of furan rings is 1. The van der Waals surface area contributed by atoms with Crippen LogP contribution in [-0.2, 0) is 4.79 Å². The van der Waals surface area contributed by atoms with Crippen LogP contribution in [0.2, 0.25) is 0 Å². The summed E-state index contributed by atoms with van der Waals surface area (Å²) in [6, 6.07) is 3.39. The second-order valence-corrected chi connectivity index (χ2v) is 6.45. The van der Waals surface area contributed by atoms with E-state index in [9.17, 15) is 14.0 Å². The molecular weight excluding hydrogens is 345 g/mol. The van der Waals surface area contributed by atoms with Gasteiger partial charge in [0.05, 0.1) is 4.91 Å². The van der Waals surface area contributed by atoms with Crippen LogP contribution in [0.15, 0.2) is 40.0 Å². The van der Waals surface area contributed by atoms with E-state index in [0.29, 0.717) is 28.0 Å². The van der Waals surface area contributed by atoms with Gasteiger partial charge in [-0.2, -0.15) is 4.39 Å². The Morgan fingerprint density at radius 2 is 2.08 bits per heavy atom. The van der Waals surface area contributed by atoms with Crippen LogP contribution in [0, 0.1) is 12.9 Å². The number of aromatic nitrogens is 2. The number of pyridine rings is 2. The molecular formula is C17H10FN3O3S. The van der Waals surface area contributed by atoms with Gasteiger partial charge in [0.2, 0.25) is 5.95 Å². The molecule has 1 fully saturated rings. The summed E-state index contributed by atoms with van der Waals surface area (Å²) in [7, 11) is 0. The largest absolute Gasteiger partial charge is 0.456 e. The Kier molecular flexibility index (Phi) is 3.61. The molecule has 3 aromatic heterocycles. The van der Waals surface area contributed by atoms with Crippen molar-refractivity contribution in [2.75, 3.05) is 0 Å². The smallest absolute Gasteiger partial charge is 0.290 e. The maximum Gasteiger partial charge on any atom is 0.290 e. The second kappa shape index (κ2) is 5.82. The Morgan fingerprint density at radius 1 is 1.24 bits per heavy atom. The summed E-state index contributed by atoms with van der Waals surface area (Å²) in [5.41, 5.74) is 2.30. The minimum absolute atomic E-state index is 0.262. The Morgan fingerprint density at radius 3 is 2.80 bits per heavy atom. The third-order valence-corrected chi connectivity index (χ3v) is 4.49. The molecule has 0 spiro atoms. The summed E-state index contributed by atoms with van der Waals surface area (Å²) in [5, 5.41) is 2.50. The summed E-state index contributed by atoms with van der Waals surface area (Å²) in [5.74, 6) is -0.557. The molecule has 1 aliphatic rings. The molecule has 1 aliphatic heterocycles. The second-order valence-electron chi connectivity index (χ2n) is 5.44. The number of halogens is 1. The first-order chi connectivity index (χ1) is 12.0. The van der Waals surface area contributed by atoms with Gasteiger partial charge in [-0.15, -0.1) is 0 Å². The predicted octanol–water partition coefficient (Wildman–Crippen LogP) is 3.66. The van der Waals surface area contributed by atoms with Gasteiger partial charge in [0.15, 0.2) is 0 Å².